The van der Waals surface area contributed by atoms with Crippen LogP contribution in [0.4, 0.5) is 5.95 Å². The van der Waals surface area contributed by atoms with Gasteiger partial charge in [-0.2, -0.15) is 15.2 Å². The van der Waals surface area contributed by atoms with Crippen LogP contribution in [0, 0.1) is 0 Å². The van der Waals surface area contributed by atoms with Crippen molar-refractivity contribution in [3.63, 3.8) is 0 Å². The standard InChI is InChI=1S/C15H21N7O2/c1-15(2,3)22-12-10(6-18-22)13(24)20-14(19-12)16-7-11(23)9-5-17-21(4)8-9/h5-6,8,11,23H,7H2,1-4H3,(H2,16,19,20,24). The van der Waals surface area contributed by atoms with Crippen LogP contribution in [0.25, 0.3) is 11.0 Å². The third-order valence-corrected chi connectivity index (χ3v) is 3.65. The fourth-order valence-electron chi connectivity index (χ4n) is 2.42. The summed E-state index contributed by atoms with van der Waals surface area (Å²) in [6.07, 6.45) is 4.09. The SMILES string of the molecule is Cn1cc(C(O)CNc2nc3c(cnn3C(C)(C)C)c(=O)[nH]2)cn1. The van der Waals surface area contributed by atoms with Gasteiger partial charge in [0.25, 0.3) is 5.56 Å². The molecule has 1 atom stereocenters. The third kappa shape index (κ3) is 3.02. The molecular weight excluding hydrogens is 310 g/mol. The molecular formula is C15H21N7O2. The van der Waals surface area contributed by atoms with Gasteiger partial charge in [-0.15, -0.1) is 0 Å². The van der Waals surface area contributed by atoms with Gasteiger partial charge in [0, 0.05) is 25.4 Å². The number of aromatic amines is 1. The molecule has 3 aromatic rings. The van der Waals surface area contributed by atoms with Gasteiger partial charge >= 0.3 is 0 Å². The smallest absolute Gasteiger partial charge is 0.263 e. The molecule has 0 amide bonds. The summed E-state index contributed by atoms with van der Waals surface area (Å²) in [5.41, 5.74) is 0.626. The van der Waals surface area contributed by atoms with Crippen molar-refractivity contribution in [2.75, 3.05) is 11.9 Å². The van der Waals surface area contributed by atoms with Crippen molar-refractivity contribution in [1.82, 2.24) is 29.5 Å². The monoisotopic (exact) mass is 331 g/mol. The molecule has 0 saturated heterocycles. The molecule has 0 aliphatic heterocycles. The average molecular weight is 331 g/mol. The summed E-state index contributed by atoms with van der Waals surface area (Å²) in [7, 11) is 1.78. The van der Waals surface area contributed by atoms with E-state index in [0.717, 1.165) is 0 Å². The maximum absolute atomic E-state index is 12.2. The van der Waals surface area contributed by atoms with Crippen LogP contribution in [0.5, 0.6) is 0 Å². The Morgan fingerprint density at radius 2 is 2.08 bits per heavy atom. The Bertz CT molecular complexity index is 916. The normalized spacial score (nSPS) is 13.4. The second-order valence-corrected chi connectivity index (χ2v) is 6.72. The third-order valence-electron chi connectivity index (χ3n) is 3.65. The molecule has 0 bridgehead atoms. The molecule has 0 spiro atoms. The highest BCUT2D eigenvalue weighted by Gasteiger charge is 2.20. The van der Waals surface area contributed by atoms with Crippen LogP contribution >= 0.6 is 0 Å². The lowest BCUT2D eigenvalue weighted by atomic mass is 10.1. The molecule has 3 N–H and O–H groups in total. The molecule has 3 heterocycles. The van der Waals surface area contributed by atoms with E-state index < -0.39 is 6.10 Å². The van der Waals surface area contributed by atoms with Crippen LogP contribution < -0.4 is 10.9 Å². The molecule has 0 saturated carbocycles. The Kier molecular flexibility index (Phi) is 3.88. The molecule has 1 unspecified atom stereocenters. The summed E-state index contributed by atoms with van der Waals surface area (Å²) in [5, 5.41) is 21.8. The Labute approximate surface area is 138 Å². The molecule has 0 fully saturated rings. The minimum Gasteiger partial charge on any atom is -0.386 e. The molecule has 128 valence electrons. The number of nitrogens with one attached hydrogen (secondary N) is 2. The molecule has 9 nitrogen and oxygen atoms in total. The van der Waals surface area contributed by atoms with E-state index in [1.165, 1.54) is 6.20 Å². The number of fused-ring (bicyclic) bond motifs is 1. The predicted octanol–water partition coefficient (Wildman–Crippen LogP) is 0.754. The van der Waals surface area contributed by atoms with E-state index in [0.29, 0.717) is 22.5 Å². The van der Waals surface area contributed by atoms with Crippen molar-refractivity contribution in [3.8, 4) is 0 Å². The summed E-state index contributed by atoms with van der Waals surface area (Å²) in [4.78, 5) is 19.3. The summed E-state index contributed by atoms with van der Waals surface area (Å²) in [6, 6.07) is 0. The van der Waals surface area contributed by atoms with Crippen LogP contribution in [0.15, 0.2) is 23.4 Å². The van der Waals surface area contributed by atoms with Crippen molar-refractivity contribution in [3.05, 3.63) is 34.5 Å². The van der Waals surface area contributed by atoms with Gasteiger partial charge in [0.05, 0.1) is 24.0 Å². The van der Waals surface area contributed by atoms with Gasteiger partial charge in [0.1, 0.15) is 5.39 Å². The number of aliphatic hydroxyl groups excluding tert-OH is 1. The second-order valence-electron chi connectivity index (χ2n) is 6.72. The average Bonchev–Trinajstić information content (AvgIpc) is 3.10. The topological polar surface area (TPSA) is 114 Å². The Hall–Kier alpha value is -2.68. The first-order chi connectivity index (χ1) is 11.3. The first kappa shape index (κ1) is 16.2. The van der Waals surface area contributed by atoms with Gasteiger partial charge in [0.2, 0.25) is 5.95 Å². The number of hydrogen-bond acceptors (Lipinski definition) is 6. The zero-order chi connectivity index (χ0) is 17.5. The maximum atomic E-state index is 12.2. The fraction of sp³-hybridized carbons (Fsp3) is 0.467. The van der Waals surface area contributed by atoms with Gasteiger partial charge in [-0.25, -0.2) is 4.68 Å². The van der Waals surface area contributed by atoms with Crippen LogP contribution in [0.1, 0.15) is 32.4 Å². The molecule has 3 aromatic heterocycles. The zero-order valence-corrected chi connectivity index (χ0v) is 14.1. The zero-order valence-electron chi connectivity index (χ0n) is 14.1. The van der Waals surface area contributed by atoms with Gasteiger partial charge in [-0.1, -0.05) is 0 Å². The fourth-order valence-corrected chi connectivity index (χ4v) is 2.42. The first-order valence-electron chi connectivity index (χ1n) is 7.65. The number of aryl methyl sites for hydroxylation is 1. The lowest BCUT2D eigenvalue weighted by Gasteiger charge is -2.19. The number of hydrogen-bond donors (Lipinski definition) is 3. The van der Waals surface area contributed by atoms with Crippen LogP contribution in [0.3, 0.4) is 0 Å². The maximum Gasteiger partial charge on any atom is 0.263 e. The number of aliphatic hydroxyl groups is 1. The van der Waals surface area contributed by atoms with Crippen LogP contribution in [-0.4, -0.2) is 41.2 Å². The number of aromatic nitrogens is 6. The molecule has 0 aromatic carbocycles. The lowest BCUT2D eigenvalue weighted by Crippen LogP contribution is -2.24. The van der Waals surface area contributed by atoms with Crippen LogP contribution in [0.2, 0.25) is 0 Å². The summed E-state index contributed by atoms with van der Waals surface area (Å²) >= 11 is 0. The number of rotatable bonds is 4. The largest absolute Gasteiger partial charge is 0.386 e. The van der Waals surface area contributed by atoms with E-state index in [-0.39, 0.29) is 17.6 Å². The van der Waals surface area contributed by atoms with E-state index >= 15 is 0 Å². The molecule has 0 aliphatic rings. The lowest BCUT2D eigenvalue weighted by molar-refractivity contribution is 0.191. The van der Waals surface area contributed by atoms with Crippen molar-refractivity contribution in [2.24, 2.45) is 7.05 Å². The number of nitrogens with zero attached hydrogens (tertiary/aromatic N) is 5. The molecule has 0 radical (unpaired) electrons. The molecule has 3 rings (SSSR count). The number of H-pyrrole nitrogens is 1. The highest BCUT2D eigenvalue weighted by Crippen LogP contribution is 2.19. The van der Waals surface area contributed by atoms with Crippen LogP contribution in [-0.2, 0) is 12.6 Å². The molecule has 9 heteroatoms. The Balaban J connectivity index is 1.86. The van der Waals surface area contributed by atoms with Gasteiger partial charge in [-0.05, 0) is 20.8 Å². The van der Waals surface area contributed by atoms with E-state index in [9.17, 15) is 9.90 Å². The van der Waals surface area contributed by atoms with E-state index in [1.54, 1.807) is 28.8 Å². The van der Waals surface area contributed by atoms with E-state index in [4.69, 9.17) is 0 Å². The van der Waals surface area contributed by atoms with Crippen molar-refractivity contribution in [2.45, 2.75) is 32.4 Å². The van der Waals surface area contributed by atoms with E-state index in [1.807, 2.05) is 20.8 Å². The molecule has 0 aliphatic carbocycles. The summed E-state index contributed by atoms with van der Waals surface area (Å²) in [6.45, 7) is 6.16. The highest BCUT2D eigenvalue weighted by atomic mass is 16.3. The summed E-state index contributed by atoms with van der Waals surface area (Å²) < 4.78 is 3.33. The predicted molar refractivity (Wildman–Crippen MR) is 89.8 cm³/mol. The van der Waals surface area contributed by atoms with Crippen molar-refractivity contribution < 1.29 is 5.11 Å². The summed E-state index contributed by atoms with van der Waals surface area (Å²) in [5.74, 6) is 0.293. The van der Waals surface area contributed by atoms with E-state index in [2.05, 4.69) is 25.5 Å². The second kappa shape index (κ2) is 5.75. The van der Waals surface area contributed by atoms with Crippen molar-refractivity contribution >= 4 is 17.0 Å². The van der Waals surface area contributed by atoms with Gasteiger partial charge in [-0.3, -0.25) is 14.5 Å². The molecule has 24 heavy (non-hydrogen) atoms. The number of anilines is 1. The van der Waals surface area contributed by atoms with Gasteiger partial charge < -0.3 is 10.4 Å². The van der Waals surface area contributed by atoms with Gasteiger partial charge in [0.15, 0.2) is 5.65 Å². The Morgan fingerprint density at radius 1 is 1.33 bits per heavy atom. The first-order valence-corrected chi connectivity index (χ1v) is 7.65. The van der Waals surface area contributed by atoms with Crippen molar-refractivity contribution in [1.29, 1.82) is 0 Å². The highest BCUT2D eigenvalue weighted by molar-refractivity contribution is 5.74. The Morgan fingerprint density at radius 3 is 2.71 bits per heavy atom. The minimum absolute atomic E-state index is 0.198. The minimum atomic E-state index is -0.757. The quantitative estimate of drug-likeness (QED) is 0.650.